The van der Waals surface area contributed by atoms with E-state index in [0.29, 0.717) is 16.3 Å². The number of halogens is 1. The standard InChI is InChI=1S/C24H25ClO6S/c1-2-12-3-5-13(6-4-12)7-16-15-9-17-14(8-19(15)32-23(16)25)11-30-24(17)22(29)21(28)20(27)18(10-26)31-24/h3-6,8-9,18,20-22,26-29H,2,7,10-11H2,1H3/t18-,20-,21+,22-,24+/m1/s1. The molecule has 3 aromatic rings. The summed E-state index contributed by atoms with van der Waals surface area (Å²) in [7, 11) is 0. The summed E-state index contributed by atoms with van der Waals surface area (Å²) in [5.41, 5.74) is 4.79. The molecule has 1 fully saturated rings. The van der Waals surface area contributed by atoms with Crippen LogP contribution in [0.15, 0.2) is 36.4 Å². The predicted octanol–water partition coefficient (Wildman–Crippen LogP) is 2.86. The van der Waals surface area contributed by atoms with E-state index < -0.39 is 36.8 Å². The van der Waals surface area contributed by atoms with Gasteiger partial charge in [0.15, 0.2) is 0 Å². The highest BCUT2D eigenvalue weighted by Gasteiger charge is 2.58. The Morgan fingerprint density at radius 1 is 1.09 bits per heavy atom. The third kappa shape index (κ3) is 3.40. The molecule has 5 atom stereocenters. The number of hydrogen-bond acceptors (Lipinski definition) is 7. The zero-order valence-corrected chi connectivity index (χ0v) is 19.1. The first kappa shape index (κ1) is 22.3. The lowest BCUT2D eigenvalue weighted by Gasteiger charge is -2.46. The fourth-order valence-corrected chi connectivity index (χ4v) is 6.07. The van der Waals surface area contributed by atoms with Crippen LogP contribution in [0.2, 0.25) is 4.34 Å². The molecule has 4 N–H and O–H groups in total. The monoisotopic (exact) mass is 476 g/mol. The highest BCUT2D eigenvalue weighted by atomic mass is 35.5. The van der Waals surface area contributed by atoms with Crippen molar-refractivity contribution in [2.75, 3.05) is 6.61 Å². The minimum absolute atomic E-state index is 0.173. The molecule has 32 heavy (non-hydrogen) atoms. The van der Waals surface area contributed by atoms with E-state index in [-0.39, 0.29) is 6.61 Å². The average molecular weight is 477 g/mol. The van der Waals surface area contributed by atoms with Crippen LogP contribution < -0.4 is 0 Å². The molecule has 170 valence electrons. The lowest BCUT2D eigenvalue weighted by molar-refractivity contribution is -0.368. The van der Waals surface area contributed by atoms with Crippen molar-refractivity contribution in [3.05, 3.63) is 68.6 Å². The molecule has 1 spiro atoms. The van der Waals surface area contributed by atoms with Gasteiger partial charge in [-0.2, -0.15) is 0 Å². The molecule has 0 amide bonds. The van der Waals surface area contributed by atoms with Crippen molar-refractivity contribution >= 4 is 33.0 Å². The van der Waals surface area contributed by atoms with Crippen LogP contribution in [0.25, 0.3) is 10.1 Å². The summed E-state index contributed by atoms with van der Waals surface area (Å²) in [5, 5.41) is 42.0. The molecule has 0 aliphatic carbocycles. The summed E-state index contributed by atoms with van der Waals surface area (Å²) in [6.07, 6.45) is -3.91. The van der Waals surface area contributed by atoms with Crippen LogP contribution in [0.5, 0.6) is 0 Å². The van der Waals surface area contributed by atoms with Crippen molar-refractivity contribution < 1.29 is 29.9 Å². The summed E-state index contributed by atoms with van der Waals surface area (Å²) in [6.45, 7) is 1.78. The number of ether oxygens (including phenoxy) is 2. The van der Waals surface area contributed by atoms with Crippen LogP contribution >= 0.6 is 22.9 Å². The van der Waals surface area contributed by atoms with E-state index in [0.717, 1.165) is 33.2 Å². The number of thiophene rings is 1. The maximum atomic E-state index is 10.8. The van der Waals surface area contributed by atoms with Gasteiger partial charge >= 0.3 is 0 Å². The van der Waals surface area contributed by atoms with E-state index in [1.54, 1.807) is 0 Å². The second kappa shape index (κ2) is 8.34. The second-order valence-corrected chi connectivity index (χ2v) is 10.1. The van der Waals surface area contributed by atoms with Crippen LogP contribution in [0.4, 0.5) is 0 Å². The molecule has 0 bridgehead atoms. The van der Waals surface area contributed by atoms with E-state index in [1.807, 2.05) is 12.1 Å². The first-order chi connectivity index (χ1) is 15.4. The molecule has 0 radical (unpaired) electrons. The summed E-state index contributed by atoms with van der Waals surface area (Å²) >= 11 is 8.13. The van der Waals surface area contributed by atoms with E-state index >= 15 is 0 Å². The van der Waals surface area contributed by atoms with Gasteiger partial charge in [0.2, 0.25) is 5.79 Å². The number of aliphatic hydroxyl groups is 4. The highest BCUT2D eigenvalue weighted by Crippen LogP contribution is 2.49. The Balaban J connectivity index is 1.58. The smallest absolute Gasteiger partial charge is 0.225 e. The number of hydrogen-bond donors (Lipinski definition) is 4. The Morgan fingerprint density at radius 3 is 2.50 bits per heavy atom. The first-order valence-electron chi connectivity index (χ1n) is 10.7. The molecular formula is C24H25ClO6S. The molecule has 2 aliphatic rings. The Bertz CT molecular complexity index is 1140. The fourth-order valence-electron chi connectivity index (χ4n) is 4.66. The van der Waals surface area contributed by atoms with Gasteiger partial charge in [-0.3, -0.25) is 0 Å². The molecule has 1 aromatic heterocycles. The Hall–Kier alpha value is -1.55. The van der Waals surface area contributed by atoms with E-state index in [4.69, 9.17) is 21.1 Å². The van der Waals surface area contributed by atoms with Crippen molar-refractivity contribution in [1.29, 1.82) is 0 Å². The van der Waals surface area contributed by atoms with Gasteiger partial charge < -0.3 is 29.9 Å². The molecule has 5 rings (SSSR count). The molecule has 8 heteroatoms. The zero-order valence-electron chi connectivity index (χ0n) is 17.5. The zero-order chi connectivity index (χ0) is 22.6. The topological polar surface area (TPSA) is 99.4 Å². The van der Waals surface area contributed by atoms with Gasteiger partial charge in [-0.05, 0) is 46.2 Å². The maximum absolute atomic E-state index is 10.8. The third-order valence-electron chi connectivity index (χ3n) is 6.55. The fraction of sp³-hybridized carbons (Fsp3) is 0.417. The summed E-state index contributed by atoms with van der Waals surface area (Å²) in [6, 6.07) is 12.3. The molecular weight excluding hydrogens is 452 g/mol. The summed E-state index contributed by atoms with van der Waals surface area (Å²) in [4.78, 5) is 0. The van der Waals surface area contributed by atoms with Crippen LogP contribution in [0.3, 0.4) is 0 Å². The Labute approximate surface area is 194 Å². The normalized spacial score (nSPS) is 29.7. The third-order valence-corrected chi connectivity index (χ3v) is 7.99. The lowest BCUT2D eigenvalue weighted by Crippen LogP contribution is -2.63. The van der Waals surface area contributed by atoms with Crippen LogP contribution in [0, 0.1) is 0 Å². The van der Waals surface area contributed by atoms with Crippen LogP contribution in [-0.2, 0) is 34.7 Å². The van der Waals surface area contributed by atoms with Gasteiger partial charge in [0, 0.05) is 16.7 Å². The van der Waals surface area contributed by atoms with Crippen molar-refractivity contribution in [2.45, 2.75) is 56.6 Å². The SMILES string of the molecule is CCc1ccc(Cc2c(Cl)sc3cc4c(cc23)[C@]2(OC4)O[C@H](CO)[C@@H](O)[C@H](O)[C@H]2O)cc1. The quantitative estimate of drug-likeness (QED) is 0.462. The van der Waals surface area contributed by atoms with Gasteiger partial charge in [-0.15, -0.1) is 11.3 Å². The number of aryl methyl sites for hydroxylation is 1. The molecule has 0 unspecified atom stereocenters. The molecule has 1 saturated heterocycles. The van der Waals surface area contributed by atoms with E-state index in [9.17, 15) is 20.4 Å². The lowest BCUT2D eigenvalue weighted by atomic mass is 9.87. The van der Waals surface area contributed by atoms with Gasteiger partial charge in [-0.1, -0.05) is 42.8 Å². The van der Waals surface area contributed by atoms with Crippen molar-refractivity contribution in [3.8, 4) is 0 Å². The van der Waals surface area contributed by atoms with E-state index in [1.165, 1.54) is 16.9 Å². The maximum Gasteiger partial charge on any atom is 0.225 e. The molecule has 6 nitrogen and oxygen atoms in total. The van der Waals surface area contributed by atoms with E-state index in [2.05, 4.69) is 31.2 Å². The van der Waals surface area contributed by atoms with Gasteiger partial charge in [0.25, 0.3) is 0 Å². The Kier molecular flexibility index (Phi) is 5.80. The molecule has 2 aliphatic heterocycles. The number of fused-ring (bicyclic) bond motifs is 3. The van der Waals surface area contributed by atoms with Crippen LogP contribution in [0.1, 0.15) is 34.7 Å². The first-order valence-corrected chi connectivity index (χ1v) is 11.9. The van der Waals surface area contributed by atoms with Crippen LogP contribution in [-0.4, -0.2) is 51.4 Å². The van der Waals surface area contributed by atoms with Gasteiger partial charge in [0.05, 0.1) is 17.6 Å². The number of benzene rings is 2. The second-order valence-electron chi connectivity index (χ2n) is 8.43. The van der Waals surface area contributed by atoms with Crippen molar-refractivity contribution in [2.24, 2.45) is 0 Å². The predicted molar refractivity (Wildman–Crippen MR) is 122 cm³/mol. The molecule has 3 heterocycles. The van der Waals surface area contributed by atoms with Gasteiger partial charge in [-0.25, -0.2) is 0 Å². The summed E-state index contributed by atoms with van der Waals surface area (Å²) in [5.74, 6) is -1.66. The highest BCUT2D eigenvalue weighted by molar-refractivity contribution is 7.23. The largest absolute Gasteiger partial charge is 0.394 e. The number of rotatable bonds is 4. The van der Waals surface area contributed by atoms with Gasteiger partial charge in [0.1, 0.15) is 24.4 Å². The van der Waals surface area contributed by atoms with Crippen molar-refractivity contribution in [1.82, 2.24) is 0 Å². The minimum atomic E-state index is -1.66. The minimum Gasteiger partial charge on any atom is -0.394 e. The average Bonchev–Trinajstić information content (AvgIpc) is 3.31. The number of aliphatic hydroxyl groups excluding tert-OH is 4. The Morgan fingerprint density at radius 2 is 1.81 bits per heavy atom. The molecule has 0 saturated carbocycles. The van der Waals surface area contributed by atoms with Crippen molar-refractivity contribution in [3.63, 3.8) is 0 Å². The summed E-state index contributed by atoms with van der Waals surface area (Å²) < 4.78 is 13.5. The molecule has 2 aromatic carbocycles.